The zero-order valence-electron chi connectivity index (χ0n) is 17.0. The number of ether oxygens (including phenoxy) is 1. The van der Waals surface area contributed by atoms with E-state index < -0.39 is 0 Å². The van der Waals surface area contributed by atoms with Crippen LogP contribution in [0.4, 0.5) is 0 Å². The van der Waals surface area contributed by atoms with E-state index in [9.17, 15) is 9.90 Å². The lowest BCUT2D eigenvalue weighted by molar-refractivity contribution is -0.154. The van der Waals surface area contributed by atoms with E-state index in [1.165, 1.54) is 45.4 Å². The average molecular weight is 361 g/mol. The van der Waals surface area contributed by atoms with E-state index >= 15 is 0 Å². The summed E-state index contributed by atoms with van der Waals surface area (Å²) in [6.07, 6.45) is 11.8. The van der Waals surface area contributed by atoms with Gasteiger partial charge in [-0.15, -0.1) is 0 Å². The van der Waals surface area contributed by atoms with Gasteiger partial charge in [0.1, 0.15) is 6.10 Å². The van der Waals surface area contributed by atoms with E-state index in [-0.39, 0.29) is 12.1 Å². The number of aliphatic hydroxyl groups is 1. The minimum Gasteiger partial charge on any atom is -0.513 e. The fourth-order valence-electron chi connectivity index (χ4n) is 8.02. The molecule has 0 aromatic heterocycles. The van der Waals surface area contributed by atoms with E-state index in [4.69, 9.17) is 4.74 Å². The Hall–Kier alpha value is -0.990. The highest BCUT2D eigenvalue weighted by Gasteiger charge is 2.60. The summed E-state index contributed by atoms with van der Waals surface area (Å²) in [5.74, 6) is 4.06. The smallest absolute Gasteiger partial charge is 0.302 e. The van der Waals surface area contributed by atoms with Crippen LogP contribution in [0.25, 0.3) is 0 Å². The van der Waals surface area contributed by atoms with Gasteiger partial charge in [-0.3, -0.25) is 4.79 Å². The molecule has 146 valence electrons. The molecule has 4 aliphatic rings. The minimum absolute atomic E-state index is 0.0422. The summed E-state index contributed by atoms with van der Waals surface area (Å²) in [6, 6.07) is 0. The van der Waals surface area contributed by atoms with Gasteiger partial charge in [0.25, 0.3) is 0 Å². The highest BCUT2D eigenvalue weighted by atomic mass is 16.5. The molecule has 1 unspecified atom stereocenters. The third-order valence-electron chi connectivity index (χ3n) is 9.29. The summed E-state index contributed by atoms with van der Waals surface area (Å²) >= 11 is 0. The molecule has 3 nitrogen and oxygen atoms in total. The number of fused-ring (bicyclic) bond motifs is 5. The van der Waals surface area contributed by atoms with Crippen molar-refractivity contribution in [2.75, 3.05) is 0 Å². The van der Waals surface area contributed by atoms with Crippen molar-refractivity contribution in [1.29, 1.82) is 0 Å². The Bertz CT molecular complexity index is 611. The minimum atomic E-state index is -0.139. The van der Waals surface area contributed by atoms with Crippen LogP contribution >= 0.6 is 0 Å². The summed E-state index contributed by atoms with van der Waals surface area (Å²) < 4.78 is 5.63. The van der Waals surface area contributed by atoms with Crippen molar-refractivity contribution in [2.45, 2.75) is 85.2 Å². The summed E-state index contributed by atoms with van der Waals surface area (Å²) in [7, 11) is 0. The highest BCUT2D eigenvalue weighted by molar-refractivity contribution is 5.66. The molecule has 0 aliphatic heterocycles. The van der Waals surface area contributed by atoms with Crippen LogP contribution in [0.1, 0.15) is 79.1 Å². The Kier molecular flexibility index (Phi) is 4.44. The van der Waals surface area contributed by atoms with Crippen LogP contribution in [0, 0.1) is 40.4 Å². The molecule has 26 heavy (non-hydrogen) atoms. The van der Waals surface area contributed by atoms with Gasteiger partial charge in [0.15, 0.2) is 0 Å². The molecule has 0 heterocycles. The molecule has 0 spiro atoms. The van der Waals surface area contributed by atoms with Crippen molar-refractivity contribution in [3.63, 3.8) is 0 Å². The highest BCUT2D eigenvalue weighted by Crippen LogP contribution is 2.67. The second-order valence-electron chi connectivity index (χ2n) is 10.3. The lowest BCUT2D eigenvalue weighted by Gasteiger charge is -2.60. The number of hydrogen-bond acceptors (Lipinski definition) is 3. The van der Waals surface area contributed by atoms with Gasteiger partial charge in [0.2, 0.25) is 0 Å². The van der Waals surface area contributed by atoms with Gasteiger partial charge in [-0.25, -0.2) is 0 Å². The normalized spacial score (nSPS) is 48.6. The Balaban J connectivity index is 1.57. The van der Waals surface area contributed by atoms with Crippen LogP contribution < -0.4 is 0 Å². The zero-order chi connectivity index (χ0) is 18.7. The lowest BCUT2D eigenvalue weighted by atomic mass is 9.45. The molecule has 0 saturated heterocycles. The molecule has 3 fully saturated rings. The first-order valence-electron chi connectivity index (χ1n) is 10.8. The molecular formula is C23H36O3. The third kappa shape index (κ3) is 2.64. The first-order valence-corrected chi connectivity index (χ1v) is 10.8. The number of hydrogen-bond donors (Lipinski definition) is 1. The maximum absolute atomic E-state index is 11.5. The molecule has 8 atom stereocenters. The quantitative estimate of drug-likeness (QED) is 0.647. The largest absolute Gasteiger partial charge is 0.513 e. The van der Waals surface area contributed by atoms with Gasteiger partial charge in [-0.2, -0.15) is 0 Å². The Morgan fingerprint density at radius 1 is 1.15 bits per heavy atom. The molecule has 4 rings (SSSR count). The fourth-order valence-corrected chi connectivity index (χ4v) is 8.02. The molecule has 3 saturated carbocycles. The van der Waals surface area contributed by atoms with Gasteiger partial charge >= 0.3 is 5.97 Å². The van der Waals surface area contributed by atoms with E-state index in [0.29, 0.717) is 28.4 Å². The Morgan fingerprint density at radius 2 is 1.88 bits per heavy atom. The Labute approximate surface area is 158 Å². The maximum Gasteiger partial charge on any atom is 0.302 e. The Morgan fingerprint density at radius 3 is 2.62 bits per heavy atom. The van der Waals surface area contributed by atoms with Crippen LogP contribution in [0.5, 0.6) is 0 Å². The molecule has 0 aromatic rings. The fraction of sp³-hybridized carbons (Fsp3) is 0.870. The zero-order valence-corrected chi connectivity index (χ0v) is 17.0. The molecule has 0 amide bonds. The standard InChI is InChI=1S/C23H36O3/c1-14(26-15(2)24)19-7-8-20-18-6-5-16-13-17(25)9-11-22(16,3)21(18)10-12-23(19,20)4/h9,14,16,18-21,25H,5-8,10-13H2,1-4H3/t14-,16?,18-,19+,20-,21-,22-,23+/m0/s1. The van der Waals surface area contributed by atoms with Crippen LogP contribution in [0.15, 0.2) is 11.8 Å². The van der Waals surface area contributed by atoms with Gasteiger partial charge < -0.3 is 9.84 Å². The average Bonchev–Trinajstić information content (AvgIpc) is 2.92. The first kappa shape index (κ1) is 18.4. The molecule has 0 bridgehead atoms. The first-order chi connectivity index (χ1) is 12.3. The van der Waals surface area contributed by atoms with Gasteiger partial charge in [0.05, 0.1) is 5.76 Å². The van der Waals surface area contributed by atoms with Crippen molar-refractivity contribution in [3.05, 3.63) is 11.8 Å². The SMILES string of the molecule is CC(=O)O[C@@H](C)[C@H]1CC[C@H]2[C@@H]3CCC4CC(O)=CC[C@]4(C)[C@H]3CC[C@]12C. The van der Waals surface area contributed by atoms with Crippen LogP contribution in [0.2, 0.25) is 0 Å². The number of allylic oxidation sites excluding steroid dienone is 2. The molecule has 3 heteroatoms. The van der Waals surface area contributed by atoms with E-state index in [2.05, 4.69) is 26.8 Å². The molecule has 0 aromatic carbocycles. The lowest BCUT2D eigenvalue weighted by Crippen LogP contribution is -2.53. The number of rotatable bonds is 2. The van der Waals surface area contributed by atoms with Crippen LogP contribution in [-0.4, -0.2) is 17.2 Å². The summed E-state index contributed by atoms with van der Waals surface area (Å²) in [5, 5.41) is 10.0. The van der Waals surface area contributed by atoms with Crippen molar-refractivity contribution < 1.29 is 14.6 Å². The van der Waals surface area contributed by atoms with Crippen LogP contribution in [0.3, 0.4) is 0 Å². The number of carbonyl (C=O) groups is 1. The molecule has 4 aliphatic carbocycles. The second kappa shape index (κ2) is 6.27. The van der Waals surface area contributed by atoms with Crippen molar-refractivity contribution in [1.82, 2.24) is 0 Å². The van der Waals surface area contributed by atoms with Gasteiger partial charge in [-0.05, 0) is 92.4 Å². The summed E-state index contributed by atoms with van der Waals surface area (Å²) in [6.45, 7) is 8.65. The van der Waals surface area contributed by atoms with E-state index in [0.717, 1.165) is 30.6 Å². The van der Waals surface area contributed by atoms with E-state index in [1.54, 1.807) is 0 Å². The topological polar surface area (TPSA) is 46.5 Å². The summed E-state index contributed by atoms with van der Waals surface area (Å²) in [5.41, 5.74) is 0.696. The number of carbonyl (C=O) groups excluding carboxylic acids is 1. The third-order valence-corrected chi connectivity index (χ3v) is 9.29. The van der Waals surface area contributed by atoms with Crippen molar-refractivity contribution in [2.24, 2.45) is 40.4 Å². The van der Waals surface area contributed by atoms with Crippen molar-refractivity contribution >= 4 is 5.97 Å². The van der Waals surface area contributed by atoms with Crippen LogP contribution in [-0.2, 0) is 9.53 Å². The molecular weight excluding hydrogens is 324 g/mol. The molecule has 0 radical (unpaired) electrons. The predicted octanol–water partition coefficient (Wildman–Crippen LogP) is 5.65. The monoisotopic (exact) mass is 360 g/mol. The summed E-state index contributed by atoms with van der Waals surface area (Å²) in [4.78, 5) is 11.5. The predicted molar refractivity (Wildman–Crippen MR) is 103 cm³/mol. The number of esters is 1. The maximum atomic E-state index is 11.5. The van der Waals surface area contributed by atoms with E-state index in [1.807, 2.05) is 0 Å². The molecule has 1 N–H and O–H groups in total. The van der Waals surface area contributed by atoms with Gasteiger partial charge in [0, 0.05) is 19.3 Å². The van der Waals surface area contributed by atoms with Gasteiger partial charge in [-0.1, -0.05) is 13.8 Å². The number of aliphatic hydroxyl groups excluding tert-OH is 1. The van der Waals surface area contributed by atoms with Crippen molar-refractivity contribution in [3.8, 4) is 0 Å². The second-order valence-corrected chi connectivity index (χ2v) is 10.3.